The maximum atomic E-state index is 10.8. The number of carbonyl (C=O) groups is 1. The van der Waals surface area contributed by atoms with Gasteiger partial charge in [-0.3, -0.25) is 4.79 Å². The second-order valence-electron chi connectivity index (χ2n) is 3.28. The quantitative estimate of drug-likeness (QED) is 0.501. The van der Waals surface area contributed by atoms with Crippen molar-refractivity contribution >= 4 is 16.0 Å². The maximum absolute atomic E-state index is 10.8. The first-order valence-corrected chi connectivity index (χ1v) is 5.12. The minimum atomic E-state index is -4.33. The van der Waals surface area contributed by atoms with Crippen molar-refractivity contribution in [3.63, 3.8) is 0 Å². The van der Waals surface area contributed by atoms with Crippen molar-refractivity contribution in [1.29, 1.82) is 0 Å². The fourth-order valence-corrected chi connectivity index (χ4v) is 1.82. The summed E-state index contributed by atoms with van der Waals surface area (Å²) >= 11 is 0. The van der Waals surface area contributed by atoms with Gasteiger partial charge in [0.05, 0.1) is 15.9 Å². The van der Waals surface area contributed by atoms with Gasteiger partial charge < -0.3 is 9.87 Å². The van der Waals surface area contributed by atoms with Gasteiger partial charge in [0.15, 0.2) is 0 Å². The molecule has 0 aliphatic rings. The van der Waals surface area contributed by atoms with Crippen LogP contribution in [0.15, 0.2) is 12.7 Å². The van der Waals surface area contributed by atoms with E-state index < -0.39 is 27.3 Å². The molecule has 0 radical (unpaired) electrons. The molecule has 0 saturated heterocycles. The highest BCUT2D eigenvalue weighted by Crippen LogP contribution is 2.05. The first-order valence-electron chi connectivity index (χ1n) is 3.54. The minimum absolute atomic E-state index is 0.506. The molecule has 0 rings (SSSR count). The molecular formula is C7H12NO4S-. The summed E-state index contributed by atoms with van der Waals surface area (Å²) in [6.45, 7) is 6.10. The second kappa shape index (κ2) is 3.89. The van der Waals surface area contributed by atoms with Crippen LogP contribution in [0.1, 0.15) is 13.8 Å². The highest BCUT2D eigenvalue weighted by atomic mass is 32.2. The third kappa shape index (κ3) is 6.30. The summed E-state index contributed by atoms with van der Waals surface area (Å²) in [4.78, 5) is 10.8. The summed E-state index contributed by atoms with van der Waals surface area (Å²) in [6, 6.07) is 0. The van der Waals surface area contributed by atoms with Crippen LogP contribution in [-0.4, -0.2) is 30.2 Å². The van der Waals surface area contributed by atoms with Gasteiger partial charge in [-0.15, -0.1) is 0 Å². The average Bonchev–Trinajstić information content (AvgIpc) is 1.80. The van der Waals surface area contributed by atoms with E-state index in [1.54, 1.807) is 0 Å². The van der Waals surface area contributed by atoms with E-state index >= 15 is 0 Å². The Balaban J connectivity index is 4.41. The van der Waals surface area contributed by atoms with Gasteiger partial charge in [-0.25, -0.2) is 8.42 Å². The lowest BCUT2D eigenvalue weighted by molar-refractivity contribution is -0.117. The SMILES string of the molecule is C=CC(=O)NC(C)(C)CS(=O)(=O)[O-]. The Morgan fingerprint density at radius 3 is 2.38 bits per heavy atom. The number of nitrogens with one attached hydrogen (secondary N) is 1. The van der Waals surface area contributed by atoms with Gasteiger partial charge in [0.2, 0.25) is 5.91 Å². The Bertz CT molecular complexity index is 304. The molecular weight excluding hydrogens is 194 g/mol. The van der Waals surface area contributed by atoms with E-state index in [1.807, 2.05) is 0 Å². The molecule has 0 aliphatic carbocycles. The summed E-state index contributed by atoms with van der Waals surface area (Å²) in [7, 11) is -4.33. The van der Waals surface area contributed by atoms with Crippen LogP contribution >= 0.6 is 0 Å². The molecule has 0 saturated carbocycles. The first kappa shape index (κ1) is 12.1. The summed E-state index contributed by atoms with van der Waals surface area (Å²) < 4.78 is 31.2. The number of hydrogen-bond acceptors (Lipinski definition) is 4. The van der Waals surface area contributed by atoms with Crippen molar-refractivity contribution in [2.45, 2.75) is 19.4 Å². The molecule has 0 bridgehead atoms. The topological polar surface area (TPSA) is 86.3 Å². The smallest absolute Gasteiger partial charge is 0.243 e. The van der Waals surface area contributed by atoms with Crippen LogP contribution in [0.5, 0.6) is 0 Å². The second-order valence-corrected chi connectivity index (χ2v) is 4.68. The van der Waals surface area contributed by atoms with E-state index in [0.717, 1.165) is 6.08 Å². The van der Waals surface area contributed by atoms with E-state index in [-0.39, 0.29) is 0 Å². The molecule has 0 aromatic rings. The van der Waals surface area contributed by atoms with Crippen LogP contribution < -0.4 is 5.32 Å². The third-order valence-corrected chi connectivity index (χ3v) is 2.26. The molecule has 0 spiro atoms. The molecule has 0 atom stereocenters. The van der Waals surface area contributed by atoms with Crippen LogP contribution in [0, 0.1) is 0 Å². The van der Waals surface area contributed by atoms with E-state index in [1.165, 1.54) is 13.8 Å². The van der Waals surface area contributed by atoms with Crippen molar-refractivity contribution in [3.05, 3.63) is 12.7 Å². The van der Waals surface area contributed by atoms with Crippen molar-refractivity contribution in [3.8, 4) is 0 Å². The molecule has 0 aromatic heterocycles. The fraction of sp³-hybridized carbons (Fsp3) is 0.571. The molecule has 76 valence electrons. The molecule has 1 N–H and O–H groups in total. The van der Waals surface area contributed by atoms with E-state index in [0.29, 0.717) is 0 Å². The average molecular weight is 206 g/mol. The molecule has 0 aliphatic heterocycles. The Hall–Kier alpha value is -0.880. The van der Waals surface area contributed by atoms with Crippen LogP contribution in [-0.2, 0) is 14.9 Å². The molecule has 13 heavy (non-hydrogen) atoms. The van der Waals surface area contributed by atoms with Crippen LogP contribution in [0.2, 0.25) is 0 Å². The van der Waals surface area contributed by atoms with Gasteiger partial charge in [0.25, 0.3) is 0 Å². The largest absolute Gasteiger partial charge is 0.748 e. The van der Waals surface area contributed by atoms with E-state index in [4.69, 9.17) is 0 Å². The van der Waals surface area contributed by atoms with Gasteiger partial charge in [-0.05, 0) is 19.9 Å². The van der Waals surface area contributed by atoms with E-state index in [9.17, 15) is 17.8 Å². The van der Waals surface area contributed by atoms with Crippen molar-refractivity contribution in [2.24, 2.45) is 0 Å². The standard InChI is InChI=1S/C7H13NO4S/c1-4-6(9)8-7(2,3)5-13(10,11)12/h4H,1,5H2,2-3H3,(H,8,9)(H,10,11,12)/p-1. The third-order valence-electron chi connectivity index (χ3n) is 1.18. The predicted octanol–water partition coefficient (Wildman–Crippen LogP) is -0.388. The highest BCUT2D eigenvalue weighted by molar-refractivity contribution is 7.85. The maximum Gasteiger partial charge on any atom is 0.243 e. The summed E-state index contributed by atoms with van der Waals surface area (Å²) in [5.41, 5.74) is -1.06. The zero-order chi connectivity index (χ0) is 10.7. The number of rotatable bonds is 4. The summed E-state index contributed by atoms with van der Waals surface area (Å²) in [5.74, 6) is -1.15. The van der Waals surface area contributed by atoms with Gasteiger partial charge in [-0.2, -0.15) is 0 Å². The van der Waals surface area contributed by atoms with Gasteiger partial charge in [0.1, 0.15) is 0 Å². The van der Waals surface area contributed by atoms with Crippen LogP contribution in [0.25, 0.3) is 0 Å². The molecule has 0 unspecified atom stereocenters. The lowest BCUT2D eigenvalue weighted by atomic mass is 10.1. The lowest BCUT2D eigenvalue weighted by Crippen LogP contribution is -2.47. The zero-order valence-corrected chi connectivity index (χ0v) is 8.35. The van der Waals surface area contributed by atoms with Gasteiger partial charge in [-0.1, -0.05) is 6.58 Å². The lowest BCUT2D eigenvalue weighted by Gasteiger charge is -2.26. The molecule has 0 heterocycles. The summed E-state index contributed by atoms with van der Waals surface area (Å²) in [6.07, 6.45) is 1.01. The highest BCUT2D eigenvalue weighted by Gasteiger charge is 2.21. The molecule has 1 amide bonds. The Labute approximate surface area is 77.6 Å². The summed E-state index contributed by atoms with van der Waals surface area (Å²) in [5, 5.41) is 2.33. The monoisotopic (exact) mass is 206 g/mol. The number of amides is 1. The number of hydrogen-bond donors (Lipinski definition) is 1. The van der Waals surface area contributed by atoms with Crippen LogP contribution in [0.4, 0.5) is 0 Å². The van der Waals surface area contributed by atoms with E-state index in [2.05, 4.69) is 11.9 Å². The van der Waals surface area contributed by atoms with Crippen molar-refractivity contribution in [1.82, 2.24) is 5.32 Å². The predicted molar refractivity (Wildman–Crippen MR) is 47.0 cm³/mol. The first-order chi connectivity index (χ1) is 5.66. The van der Waals surface area contributed by atoms with Crippen LogP contribution in [0.3, 0.4) is 0 Å². The normalized spacial score (nSPS) is 12.2. The Morgan fingerprint density at radius 1 is 1.62 bits per heavy atom. The zero-order valence-electron chi connectivity index (χ0n) is 7.53. The van der Waals surface area contributed by atoms with Gasteiger partial charge in [0, 0.05) is 5.54 Å². The van der Waals surface area contributed by atoms with Crippen molar-refractivity contribution < 1.29 is 17.8 Å². The fourth-order valence-electron chi connectivity index (χ4n) is 0.863. The number of carbonyl (C=O) groups excluding carboxylic acids is 1. The molecule has 5 nitrogen and oxygen atoms in total. The van der Waals surface area contributed by atoms with Gasteiger partial charge >= 0.3 is 0 Å². The minimum Gasteiger partial charge on any atom is -0.748 e. The molecule has 6 heteroatoms. The Kier molecular flexibility index (Phi) is 3.62. The molecule has 0 fully saturated rings. The Morgan fingerprint density at radius 2 is 2.08 bits per heavy atom. The molecule has 0 aromatic carbocycles. The van der Waals surface area contributed by atoms with Crippen molar-refractivity contribution in [2.75, 3.05) is 5.75 Å².